The van der Waals surface area contributed by atoms with E-state index in [0.717, 1.165) is 27.5 Å². The summed E-state index contributed by atoms with van der Waals surface area (Å²) in [5, 5.41) is 10.5. The highest BCUT2D eigenvalue weighted by Crippen LogP contribution is 2.27. The van der Waals surface area contributed by atoms with E-state index in [1.807, 2.05) is 18.2 Å². The Kier molecular flexibility index (Phi) is 2.65. The van der Waals surface area contributed by atoms with Crippen LogP contribution in [-0.2, 0) is 5.33 Å². The minimum atomic E-state index is 0.568. The summed E-state index contributed by atoms with van der Waals surface area (Å²) in [5.41, 5.74) is 2.57. The average molecular weight is 265 g/mol. The molecule has 0 saturated heterocycles. The van der Waals surface area contributed by atoms with Gasteiger partial charge in [-0.2, -0.15) is 5.26 Å². The van der Waals surface area contributed by atoms with Crippen molar-refractivity contribution in [1.29, 1.82) is 5.26 Å². The predicted molar refractivity (Wildman–Crippen MR) is 62.2 cm³/mol. The van der Waals surface area contributed by atoms with E-state index in [0.29, 0.717) is 5.69 Å². The third-order valence-electron chi connectivity index (χ3n) is 2.29. The van der Waals surface area contributed by atoms with Crippen LogP contribution in [0, 0.1) is 11.3 Å². The number of H-pyrrole nitrogens is 1. The zero-order valence-corrected chi connectivity index (χ0v) is 9.76. The molecule has 1 N–H and O–H groups in total. The molecule has 76 valence electrons. The normalized spacial score (nSPS) is 10.2. The highest BCUT2D eigenvalue weighted by Gasteiger charge is 2.06. The molecule has 2 rings (SSSR count). The van der Waals surface area contributed by atoms with Crippen molar-refractivity contribution >= 4 is 26.8 Å². The molecule has 2 aromatic rings. The van der Waals surface area contributed by atoms with E-state index in [1.165, 1.54) is 0 Å². The van der Waals surface area contributed by atoms with Crippen molar-refractivity contribution in [3.05, 3.63) is 29.5 Å². The van der Waals surface area contributed by atoms with Crippen LogP contribution in [0.1, 0.15) is 11.3 Å². The first-order valence-corrected chi connectivity index (χ1v) is 5.56. The molecule has 0 aliphatic rings. The smallest absolute Gasteiger partial charge is 0.125 e. The van der Waals surface area contributed by atoms with Crippen molar-refractivity contribution in [2.24, 2.45) is 0 Å². The van der Waals surface area contributed by atoms with E-state index in [4.69, 9.17) is 10.00 Å². The highest BCUT2D eigenvalue weighted by atomic mass is 79.9. The zero-order valence-electron chi connectivity index (χ0n) is 8.17. The van der Waals surface area contributed by atoms with Gasteiger partial charge in [0.05, 0.1) is 12.6 Å². The van der Waals surface area contributed by atoms with Crippen LogP contribution in [0.3, 0.4) is 0 Å². The molecule has 0 atom stereocenters. The SMILES string of the molecule is COc1cc2[nH]c(C#N)cc2cc1CBr. The first-order chi connectivity index (χ1) is 7.28. The van der Waals surface area contributed by atoms with Gasteiger partial charge in [-0.1, -0.05) is 15.9 Å². The van der Waals surface area contributed by atoms with E-state index < -0.39 is 0 Å². The van der Waals surface area contributed by atoms with Crippen LogP contribution in [0.2, 0.25) is 0 Å². The van der Waals surface area contributed by atoms with Gasteiger partial charge >= 0.3 is 0 Å². The van der Waals surface area contributed by atoms with Crippen LogP contribution in [-0.4, -0.2) is 12.1 Å². The molecule has 3 nitrogen and oxygen atoms in total. The maximum atomic E-state index is 8.77. The molecule has 0 saturated carbocycles. The topological polar surface area (TPSA) is 48.8 Å². The fourth-order valence-corrected chi connectivity index (χ4v) is 2.00. The number of fused-ring (bicyclic) bond motifs is 1. The second-order valence-electron chi connectivity index (χ2n) is 3.18. The minimum Gasteiger partial charge on any atom is -0.496 e. The van der Waals surface area contributed by atoms with Gasteiger partial charge in [0.2, 0.25) is 0 Å². The van der Waals surface area contributed by atoms with E-state index >= 15 is 0 Å². The molecule has 0 bridgehead atoms. The van der Waals surface area contributed by atoms with Gasteiger partial charge in [0.25, 0.3) is 0 Å². The Bertz CT molecular complexity index is 498. The molecule has 0 spiro atoms. The number of rotatable bonds is 2. The number of benzene rings is 1. The van der Waals surface area contributed by atoms with Crippen molar-refractivity contribution in [3.63, 3.8) is 0 Å². The van der Waals surface area contributed by atoms with Crippen molar-refractivity contribution < 1.29 is 4.74 Å². The molecule has 1 aromatic carbocycles. The molecule has 15 heavy (non-hydrogen) atoms. The van der Waals surface area contributed by atoms with Crippen LogP contribution in [0.25, 0.3) is 10.9 Å². The van der Waals surface area contributed by atoms with E-state index in [2.05, 4.69) is 27.0 Å². The Morgan fingerprint density at radius 3 is 2.87 bits per heavy atom. The molecular formula is C11H9BrN2O. The molecule has 0 unspecified atom stereocenters. The maximum absolute atomic E-state index is 8.77. The molecule has 0 radical (unpaired) electrons. The highest BCUT2D eigenvalue weighted by molar-refractivity contribution is 9.08. The first-order valence-electron chi connectivity index (χ1n) is 4.44. The lowest BCUT2D eigenvalue weighted by atomic mass is 10.1. The molecular weight excluding hydrogens is 256 g/mol. The summed E-state index contributed by atoms with van der Waals surface area (Å²) in [5.74, 6) is 0.825. The minimum absolute atomic E-state index is 0.568. The third-order valence-corrected chi connectivity index (χ3v) is 2.89. The van der Waals surface area contributed by atoms with Crippen molar-refractivity contribution in [1.82, 2.24) is 4.98 Å². The number of aromatic nitrogens is 1. The van der Waals surface area contributed by atoms with E-state index in [1.54, 1.807) is 7.11 Å². The lowest BCUT2D eigenvalue weighted by Gasteiger charge is -2.05. The van der Waals surface area contributed by atoms with Gasteiger partial charge in [-0.3, -0.25) is 0 Å². The number of alkyl halides is 1. The first kappa shape index (κ1) is 10.1. The van der Waals surface area contributed by atoms with E-state index in [9.17, 15) is 0 Å². The molecule has 0 aliphatic heterocycles. The Morgan fingerprint density at radius 1 is 1.47 bits per heavy atom. The third kappa shape index (κ3) is 1.71. The summed E-state index contributed by atoms with van der Waals surface area (Å²) in [6.45, 7) is 0. The summed E-state index contributed by atoms with van der Waals surface area (Å²) in [6, 6.07) is 7.84. The number of hydrogen-bond acceptors (Lipinski definition) is 2. The summed E-state index contributed by atoms with van der Waals surface area (Å²) in [4.78, 5) is 3.01. The summed E-state index contributed by atoms with van der Waals surface area (Å²) >= 11 is 3.40. The standard InChI is InChI=1S/C11H9BrN2O/c1-15-11-4-10-7(2-8(11)5-12)3-9(6-13)14-10/h2-4,14H,5H2,1H3. The quantitative estimate of drug-likeness (QED) is 0.848. The number of nitriles is 1. The van der Waals surface area contributed by atoms with Gasteiger partial charge in [0.15, 0.2) is 0 Å². The predicted octanol–water partition coefficient (Wildman–Crippen LogP) is 2.94. The van der Waals surface area contributed by atoms with Gasteiger partial charge in [0.1, 0.15) is 17.5 Å². The Morgan fingerprint density at radius 2 is 2.27 bits per heavy atom. The lowest BCUT2D eigenvalue weighted by molar-refractivity contribution is 0.412. The molecule has 4 heteroatoms. The van der Waals surface area contributed by atoms with Crippen molar-refractivity contribution in [3.8, 4) is 11.8 Å². The largest absolute Gasteiger partial charge is 0.496 e. The van der Waals surface area contributed by atoms with Crippen molar-refractivity contribution in [2.45, 2.75) is 5.33 Å². The molecule has 1 aromatic heterocycles. The second-order valence-corrected chi connectivity index (χ2v) is 3.74. The molecule has 0 aliphatic carbocycles. The lowest BCUT2D eigenvalue weighted by Crippen LogP contribution is -1.88. The number of nitrogens with zero attached hydrogens (tertiary/aromatic N) is 1. The van der Waals surface area contributed by atoms with Gasteiger partial charge in [-0.05, 0) is 12.1 Å². The number of aromatic amines is 1. The van der Waals surface area contributed by atoms with Gasteiger partial charge in [-0.25, -0.2) is 0 Å². The Labute approximate surface area is 95.8 Å². The summed E-state index contributed by atoms with van der Waals surface area (Å²) in [6.07, 6.45) is 0. The zero-order chi connectivity index (χ0) is 10.8. The number of nitrogens with one attached hydrogen (secondary N) is 1. The van der Waals surface area contributed by atoms with Crippen LogP contribution in [0.15, 0.2) is 18.2 Å². The Balaban J connectivity index is 2.68. The fraction of sp³-hybridized carbons (Fsp3) is 0.182. The number of halogens is 1. The monoisotopic (exact) mass is 264 g/mol. The number of ether oxygens (including phenoxy) is 1. The van der Waals surface area contributed by atoms with Crippen LogP contribution < -0.4 is 4.74 Å². The molecule has 1 heterocycles. The number of methoxy groups -OCH3 is 1. The summed E-state index contributed by atoms with van der Waals surface area (Å²) in [7, 11) is 1.64. The average Bonchev–Trinajstić information content (AvgIpc) is 2.68. The fourth-order valence-electron chi connectivity index (χ4n) is 1.56. The molecule has 0 fully saturated rings. The second kappa shape index (κ2) is 3.95. The number of hydrogen-bond donors (Lipinski definition) is 1. The Hall–Kier alpha value is -1.47. The van der Waals surface area contributed by atoms with Gasteiger partial charge in [0, 0.05) is 22.3 Å². The van der Waals surface area contributed by atoms with Crippen LogP contribution >= 0.6 is 15.9 Å². The van der Waals surface area contributed by atoms with Crippen LogP contribution in [0.4, 0.5) is 0 Å². The van der Waals surface area contributed by atoms with Crippen LogP contribution in [0.5, 0.6) is 5.75 Å². The van der Waals surface area contributed by atoms with Gasteiger partial charge in [-0.15, -0.1) is 0 Å². The van der Waals surface area contributed by atoms with E-state index in [-0.39, 0.29) is 0 Å². The summed E-state index contributed by atoms with van der Waals surface area (Å²) < 4.78 is 5.25. The maximum Gasteiger partial charge on any atom is 0.125 e. The van der Waals surface area contributed by atoms with Gasteiger partial charge < -0.3 is 9.72 Å². The molecule has 0 amide bonds. The van der Waals surface area contributed by atoms with Crippen molar-refractivity contribution in [2.75, 3.05) is 7.11 Å².